The molecule has 6 nitrogen and oxygen atoms in total. The first kappa shape index (κ1) is 16.5. The van der Waals surface area contributed by atoms with Gasteiger partial charge >= 0.3 is 0 Å². The molecule has 0 aliphatic carbocycles. The summed E-state index contributed by atoms with van der Waals surface area (Å²) in [7, 11) is 4.07. The lowest BCUT2D eigenvalue weighted by Crippen LogP contribution is -2.50. The Labute approximate surface area is 138 Å². The number of aromatic nitrogens is 2. The van der Waals surface area contributed by atoms with E-state index in [2.05, 4.69) is 27.3 Å². The molecule has 2 saturated heterocycles. The van der Waals surface area contributed by atoms with E-state index in [1.165, 1.54) is 25.9 Å². The quantitative estimate of drug-likeness (QED) is 0.904. The van der Waals surface area contributed by atoms with Gasteiger partial charge in [0.1, 0.15) is 0 Å². The zero-order chi connectivity index (χ0) is 16.4. The SMILES string of the molecule is Cc1c(C(=O)NC2CCN(C3CCN(C)CC3)CC2)cnn1C. The highest BCUT2D eigenvalue weighted by Crippen LogP contribution is 2.21. The summed E-state index contributed by atoms with van der Waals surface area (Å²) in [5.41, 5.74) is 1.62. The Kier molecular flexibility index (Phi) is 5.02. The maximum absolute atomic E-state index is 12.4. The first-order chi connectivity index (χ1) is 11.0. The molecule has 0 atom stereocenters. The van der Waals surface area contributed by atoms with Gasteiger partial charge in [0.25, 0.3) is 5.91 Å². The van der Waals surface area contributed by atoms with E-state index in [0.717, 1.165) is 37.7 Å². The predicted molar refractivity (Wildman–Crippen MR) is 90.5 cm³/mol. The summed E-state index contributed by atoms with van der Waals surface area (Å²) >= 11 is 0. The van der Waals surface area contributed by atoms with Crippen molar-refractivity contribution in [3.8, 4) is 0 Å². The minimum Gasteiger partial charge on any atom is -0.349 e. The third kappa shape index (κ3) is 3.75. The number of carbonyl (C=O) groups is 1. The van der Waals surface area contributed by atoms with Crippen molar-refractivity contribution in [3.63, 3.8) is 0 Å². The van der Waals surface area contributed by atoms with Crippen molar-refractivity contribution in [2.24, 2.45) is 7.05 Å². The van der Waals surface area contributed by atoms with E-state index in [9.17, 15) is 4.79 Å². The fraction of sp³-hybridized carbons (Fsp3) is 0.765. The molecule has 1 N–H and O–H groups in total. The van der Waals surface area contributed by atoms with Crippen molar-refractivity contribution in [3.05, 3.63) is 17.5 Å². The highest BCUT2D eigenvalue weighted by atomic mass is 16.1. The number of nitrogens with zero attached hydrogens (tertiary/aromatic N) is 4. The number of hydrogen-bond acceptors (Lipinski definition) is 4. The van der Waals surface area contributed by atoms with Crippen LogP contribution in [0.4, 0.5) is 0 Å². The zero-order valence-electron chi connectivity index (χ0n) is 14.6. The monoisotopic (exact) mass is 319 g/mol. The standard InChI is InChI=1S/C17H29N5O/c1-13-16(12-18-21(13)3)17(23)19-14-4-10-22(11-5-14)15-6-8-20(2)9-7-15/h12,14-15H,4-11H2,1-3H3,(H,19,23). The Hall–Kier alpha value is -1.40. The van der Waals surface area contributed by atoms with Crippen molar-refractivity contribution in [2.75, 3.05) is 33.2 Å². The molecular weight excluding hydrogens is 290 g/mol. The molecule has 0 saturated carbocycles. The summed E-state index contributed by atoms with van der Waals surface area (Å²) in [6.07, 6.45) is 6.33. The molecule has 1 aromatic rings. The average Bonchev–Trinajstić information content (AvgIpc) is 2.89. The number of aryl methyl sites for hydroxylation is 1. The molecule has 128 valence electrons. The first-order valence-electron chi connectivity index (χ1n) is 8.76. The summed E-state index contributed by atoms with van der Waals surface area (Å²) in [5.74, 6) is 0.0216. The lowest BCUT2D eigenvalue weighted by Gasteiger charge is -2.41. The second-order valence-electron chi connectivity index (χ2n) is 7.09. The van der Waals surface area contributed by atoms with Crippen molar-refractivity contribution >= 4 is 5.91 Å². The van der Waals surface area contributed by atoms with E-state index in [1.54, 1.807) is 10.9 Å². The van der Waals surface area contributed by atoms with E-state index in [4.69, 9.17) is 0 Å². The van der Waals surface area contributed by atoms with Gasteiger partial charge in [0.2, 0.25) is 0 Å². The number of piperidine rings is 2. The predicted octanol–water partition coefficient (Wildman–Crippen LogP) is 1.02. The normalized spacial score (nSPS) is 22.4. The van der Waals surface area contributed by atoms with Crippen LogP contribution in [-0.4, -0.2) is 70.8 Å². The molecular formula is C17H29N5O. The van der Waals surface area contributed by atoms with Crippen LogP contribution in [0.25, 0.3) is 0 Å². The van der Waals surface area contributed by atoms with E-state index >= 15 is 0 Å². The zero-order valence-corrected chi connectivity index (χ0v) is 14.6. The molecule has 0 aromatic carbocycles. The number of amides is 1. The number of rotatable bonds is 3. The topological polar surface area (TPSA) is 53.4 Å². The third-order valence-corrected chi connectivity index (χ3v) is 5.55. The Morgan fingerprint density at radius 2 is 1.78 bits per heavy atom. The molecule has 0 unspecified atom stereocenters. The van der Waals surface area contributed by atoms with Crippen molar-refractivity contribution in [1.82, 2.24) is 24.9 Å². The first-order valence-corrected chi connectivity index (χ1v) is 8.76. The molecule has 1 amide bonds. The number of hydrogen-bond donors (Lipinski definition) is 1. The molecule has 0 spiro atoms. The Morgan fingerprint density at radius 3 is 2.35 bits per heavy atom. The van der Waals surface area contributed by atoms with Gasteiger partial charge in [0.15, 0.2) is 0 Å². The van der Waals surface area contributed by atoms with Gasteiger partial charge in [-0.1, -0.05) is 0 Å². The Balaban J connectivity index is 1.47. The smallest absolute Gasteiger partial charge is 0.254 e. The van der Waals surface area contributed by atoms with E-state index in [-0.39, 0.29) is 5.91 Å². The highest BCUT2D eigenvalue weighted by Gasteiger charge is 2.28. The number of likely N-dealkylation sites (tertiary alicyclic amines) is 2. The van der Waals surface area contributed by atoms with Gasteiger partial charge in [-0.05, 0) is 52.7 Å². The number of nitrogens with one attached hydrogen (secondary N) is 1. The largest absolute Gasteiger partial charge is 0.349 e. The van der Waals surface area contributed by atoms with Crippen molar-refractivity contribution in [1.29, 1.82) is 0 Å². The van der Waals surface area contributed by atoms with Crippen molar-refractivity contribution in [2.45, 2.75) is 44.7 Å². The van der Waals surface area contributed by atoms with Crippen LogP contribution >= 0.6 is 0 Å². The maximum Gasteiger partial charge on any atom is 0.254 e. The molecule has 3 rings (SSSR count). The van der Waals surface area contributed by atoms with Gasteiger partial charge in [-0.3, -0.25) is 9.48 Å². The third-order valence-electron chi connectivity index (χ3n) is 5.55. The van der Waals surface area contributed by atoms with Crippen LogP contribution in [0, 0.1) is 6.92 Å². The molecule has 23 heavy (non-hydrogen) atoms. The Morgan fingerprint density at radius 1 is 1.13 bits per heavy atom. The van der Waals surface area contributed by atoms with Crippen LogP contribution in [0.5, 0.6) is 0 Å². The van der Waals surface area contributed by atoms with Crippen LogP contribution in [-0.2, 0) is 7.05 Å². The minimum absolute atomic E-state index is 0.0216. The summed E-state index contributed by atoms with van der Waals surface area (Å²) < 4.78 is 1.75. The molecule has 0 bridgehead atoms. The average molecular weight is 319 g/mol. The van der Waals surface area contributed by atoms with Gasteiger partial charge in [-0.2, -0.15) is 5.10 Å². The van der Waals surface area contributed by atoms with Crippen LogP contribution in [0.15, 0.2) is 6.20 Å². The van der Waals surface area contributed by atoms with Gasteiger partial charge in [-0.15, -0.1) is 0 Å². The van der Waals surface area contributed by atoms with E-state index in [0.29, 0.717) is 11.6 Å². The summed E-state index contributed by atoms with van der Waals surface area (Å²) in [4.78, 5) is 17.4. The fourth-order valence-electron chi connectivity index (χ4n) is 3.75. The van der Waals surface area contributed by atoms with E-state index < -0.39 is 0 Å². The molecule has 2 aliphatic rings. The molecule has 3 heterocycles. The van der Waals surface area contributed by atoms with Gasteiger partial charge in [0, 0.05) is 37.9 Å². The lowest BCUT2D eigenvalue weighted by atomic mass is 9.98. The second-order valence-corrected chi connectivity index (χ2v) is 7.09. The van der Waals surface area contributed by atoms with Crippen LogP contribution in [0.3, 0.4) is 0 Å². The molecule has 2 fully saturated rings. The van der Waals surface area contributed by atoms with Crippen molar-refractivity contribution < 1.29 is 4.79 Å². The lowest BCUT2D eigenvalue weighted by molar-refractivity contribution is 0.0807. The molecule has 2 aliphatic heterocycles. The number of carbonyl (C=O) groups excluding carboxylic acids is 1. The summed E-state index contributed by atoms with van der Waals surface area (Å²) in [6, 6.07) is 1.04. The van der Waals surface area contributed by atoms with E-state index in [1.807, 2.05) is 14.0 Å². The van der Waals surface area contributed by atoms with Gasteiger partial charge < -0.3 is 15.1 Å². The fourth-order valence-corrected chi connectivity index (χ4v) is 3.75. The maximum atomic E-state index is 12.4. The van der Waals surface area contributed by atoms with Crippen LogP contribution < -0.4 is 5.32 Å². The molecule has 1 aromatic heterocycles. The van der Waals surface area contributed by atoms with Crippen LogP contribution in [0.2, 0.25) is 0 Å². The molecule has 0 radical (unpaired) electrons. The minimum atomic E-state index is 0.0216. The Bertz CT molecular complexity index is 539. The molecule has 6 heteroatoms. The summed E-state index contributed by atoms with van der Waals surface area (Å²) in [5, 5.41) is 7.35. The highest BCUT2D eigenvalue weighted by molar-refractivity contribution is 5.95. The van der Waals surface area contributed by atoms with Crippen LogP contribution in [0.1, 0.15) is 41.7 Å². The summed E-state index contributed by atoms with van der Waals surface area (Å²) in [6.45, 7) is 6.56. The van der Waals surface area contributed by atoms with Gasteiger partial charge in [-0.25, -0.2) is 0 Å². The van der Waals surface area contributed by atoms with Gasteiger partial charge in [0.05, 0.1) is 11.8 Å². The second kappa shape index (κ2) is 7.01.